The quantitative estimate of drug-likeness (QED) is 0.587. The van der Waals surface area contributed by atoms with Crippen LogP contribution in [0.1, 0.15) is 12.5 Å². The summed E-state index contributed by atoms with van der Waals surface area (Å²) in [6.45, 7) is 2.06. The zero-order chi connectivity index (χ0) is 15.9. The number of hydrogen-bond donors (Lipinski definition) is 1. The second-order valence-corrected chi connectivity index (χ2v) is 6.38. The number of hydrogen-bond acceptors (Lipinski definition) is 4. The molecular weight excluding hydrogens is 412 g/mol. The number of benzene rings is 2. The summed E-state index contributed by atoms with van der Waals surface area (Å²) in [5.74, 6) is 1.35. The highest BCUT2D eigenvalue weighted by Crippen LogP contribution is 2.41. The number of nitrogens with two attached hydrogens (primary N) is 1. The van der Waals surface area contributed by atoms with E-state index in [-0.39, 0.29) is 0 Å². The number of nitrogens with zero attached hydrogens (tertiary/aromatic N) is 1. The molecule has 0 bridgehead atoms. The van der Waals surface area contributed by atoms with Gasteiger partial charge in [-0.25, -0.2) is 4.98 Å². The van der Waals surface area contributed by atoms with Crippen molar-refractivity contribution in [1.29, 1.82) is 0 Å². The van der Waals surface area contributed by atoms with E-state index in [1.807, 2.05) is 24.3 Å². The third-order valence-corrected chi connectivity index (χ3v) is 5.25. The maximum Gasteiger partial charge on any atom is 0.227 e. The van der Waals surface area contributed by atoms with Crippen LogP contribution in [0.3, 0.4) is 0 Å². The molecule has 0 unspecified atom stereocenters. The molecule has 3 rings (SSSR count). The van der Waals surface area contributed by atoms with Crippen LogP contribution in [-0.2, 0) is 6.42 Å². The Labute approximate surface area is 144 Å². The monoisotopic (exact) mass is 424 g/mol. The third-order valence-electron chi connectivity index (χ3n) is 3.54. The number of anilines is 1. The van der Waals surface area contributed by atoms with Gasteiger partial charge in [0.2, 0.25) is 5.89 Å². The number of methoxy groups -OCH3 is 1. The van der Waals surface area contributed by atoms with Crippen molar-refractivity contribution in [3.8, 4) is 17.2 Å². The summed E-state index contributed by atoms with van der Waals surface area (Å²) in [4.78, 5) is 4.59. The molecule has 4 nitrogen and oxygen atoms in total. The zero-order valence-electron chi connectivity index (χ0n) is 12.1. The first kappa shape index (κ1) is 15.4. The average Bonchev–Trinajstić information content (AvgIpc) is 2.98. The first-order valence-corrected chi connectivity index (χ1v) is 8.35. The number of aryl methyl sites for hydroxylation is 1. The molecule has 0 aliphatic rings. The third kappa shape index (κ3) is 2.40. The second-order valence-electron chi connectivity index (χ2n) is 4.80. The van der Waals surface area contributed by atoms with Crippen LogP contribution < -0.4 is 10.5 Å². The molecule has 0 spiro atoms. The van der Waals surface area contributed by atoms with E-state index < -0.39 is 0 Å². The zero-order valence-corrected chi connectivity index (χ0v) is 15.3. The summed E-state index contributed by atoms with van der Waals surface area (Å²) >= 11 is 7.04. The van der Waals surface area contributed by atoms with E-state index in [0.29, 0.717) is 11.6 Å². The maximum atomic E-state index is 6.12. The highest BCUT2D eigenvalue weighted by molar-refractivity contribution is 9.11. The van der Waals surface area contributed by atoms with E-state index in [4.69, 9.17) is 14.9 Å². The first-order valence-electron chi connectivity index (χ1n) is 6.77. The van der Waals surface area contributed by atoms with Crippen molar-refractivity contribution >= 4 is 48.6 Å². The molecule has 2 aromatic carbocycles. The number of oxazole rings is 1. The van der Waals surface area contributed by atoms with Crippen LogP contribution in [-0.4, -0.2) is 12.1 Å². The lowest BCUT2D eigenvalue weighted by atomic mass is 10.1. The summed E-state index contributed by atoms with van der Waals surface area (Å²) in [7, 11) is 1.64. The molecule has 0 radical (unpaired) electrons. The number of fused-ring (bicyclic) bond motifs is 1. The van der Waals surface area contributed by atoms with Crippen molar-refractivity contribution in [1.82, 2.24) is 4.98 Å². The summed E-state index contributed by atoms with van der Waals surface area (Å²) in [6.07, 6.45) is 0.797. The van der Waals surface area contributed by atoms with Crippen LogP contribution in [0.25, 0.3) is 22.6 Å². The molecule has 0 aliphatic carbocycles. The Kier molecular flexibility index (Phi) is 4.14. The van der Waals surface area contributed by atoms with Gasteiger partial charge in [0.15, 0.2) is 5.58 Å². The molecule has 6 heteroatoms. The molecule has 3 aromatic rings. The minimum absolute atomic E-state index is 0.561. The minimum atomic E-state index is 0.561. The van der Waals surface area contributed by atoms with Gasteiger partial charge in [0.25, 0.3) is 0 Å². The summed E-state index contributed by atoms with van der Waals surface area (Å²) < 4.78 is 12.8. The van der Waals surface area contributed by atoms with Crippen molar-refractivity contribution in [2.24, 2.45) is 0 Å². The summed E-state index contributed by atoms with van der Waals surface area (Å²) in [5.41, 5.74) is 10.2. The lowest BCUT2D eigenvalue weighted by Gasteiger charge is -2.07. The minimum Gasteiger partial charge on any atom is -0.497 e. The predicted molar refractivity (Wildman–Crippen MR) is 95.2 cm³/mol. The number of halogens is 2. The second kappa shape index (κ2) is 5.93. The Balaban J connectivity index is 2.22. The number of rotatable bonds is 3. The Morgan fingerprint density at radius 3 is 2.45 bits per heavy atom. The van der Waals surface area contributed by atoms with Gasteiger partial charge in [-0.1, -0.05) is 6.92 Å². The van der Waals surface area contributed by atoms with E-state index in [9.17, 15) is 0 Å². The van der Waals surface area contributed by atoms with Crippen molar-refractivity contribution in [2.75, 3.05) is 12.8 Å². The normalized spacial score (nSPS) is 11.1. The Morgan fingerprint density at radius 1 is 1.18 bits per heavy atom. The van der Waals surface area contributed by atoms with Gasteiger partial charge in [0.05, 0.1) is 17.3 Å². The van der Waals surface area contributed by atoms with Crippen LogP contribution in [0.4, 0.5) is 5.69 Å². The largest absolute Gasteiger partial charge is 0.497 e. The molecule has 0 saturated carbocycles. The SMILES string of the molecule is CCc1c(Br)c(N)c(Br)c2nc(-c3ccc(OC)cc3)oc12. The molecule has 1 heterocycles. The summed E-state index contributed by atoms with van der Waals surface area (Å²) in [6, 6.07) is 7.59. The van der Waals surface area contributed by atoms with Gasteiger partial charge < -0.3 is 14.9 Å². The van der Waals surface area contributed by atoms with Crippen molar-refractivity contribution in [2.45, 2.75) is 13.3 Å². The maximum absolute atomic E-state index is 6.12. The highest BCUT2D eigenvalue weighted by Gasteiger charge is 2.20. The molecule has 22 heavy (non-hydrogen) atoms. The Morgan fingerprint density at radius 2 is 1.86 bits per heavy atom. The Hall–Kier alpha value is -1.53. The van der Waals surface area contributed by atoms with Gasteiger partial charge in [-0.2, -0.15) is 0 Å². The molecule has 114 valence electrons. The molecular formula is C16H14Br2N2O2. The summed E-state index contributed by atoms with van der Waals surface area (Å²) in [5, 5.41) is 0. The van der Waals surface area contributed by atoms with E-state index in [0.717, 1.165) is 43.3 Å². The molecule has 0 amide bonds. The topological polar surface area (TPSA) is 61.3 Å². The molecule has 0 atom stereocenters. The number of nitrogen functional groups attached to an aromatic ring is 1. The lowest BCUT2D eigenvalue weighted by molar-refractivity contribution is 0.415. The Bertz CT molecular complexity index is 842. The van der Waals surface area contributed by atoms with Crippen LogP contribution >= 0.6 is 31.9 Å². The van der Waals surface area contributed by atoms with Gasteiger partial charge in [0.1, 0.15) is 11.3 Å². The van der Waals surface area contributed by atoms with E-state index >= 15 is 0 Å². The average molecular weight is 426 g/mol. The van der Waals surface area contributed by atoms with Gasteiger partial charge in [0, 0.05) is 15.6 Å². The fourth-order valence-corrected chi connectivity index (χ4v) is 3.72. The first-order chi connectivity index (χ1) is 10.6. The van der Waals surface area contributed by atoms with Crippen LogP contribution in [0.5, 0.6) is 5.75 Å². The lowest BCUT2D eigenvalue weighted by Crippen LogP contribution is -1.94. The van der Waals surface area contributed by atoms with E-state index in [1.54, 1.807) is 7.11 Å². The fraction of sp³-hybridized carbons (Fsp3) is 0.188. The van der Waals surface area contributed by atoms with Gasteiger partial charge in [-0.05, 0) is 62.5 Å². The van der Waals surface area contributed by atoms with Gasteiger partial charge >= 0.3 is 0 Å². The predicted octanol–water partition coefficient (Wildman–Crippen LogP) is 5.17. The fourth-order valence-electron chi connectivity index (χ4n) is 2.33. The van der Waals surface area contributed by atoms with Crippen LogP contribution in [0.15, 0.2) is 37.6 Å². The molecule has 0 fully saturated rings. The van der Waals surface area contributed by atoms with Gasteiger partial charge in [-0.15, -0.1) is 0 Å². The molecule has 1 aromatic heterocycles. The van der Waals surface area contributed by atoms with Crippen molar-refractivity contribution < 1.29 is 9.15 Å². The molecule has 2 N–H and O–H groups in total. The standard InChI is InChI=1S/C16H14Br2N2O2/c1-3-10-11(17)13(19)12(18)14-15(10)22-16(20-14)8-4-6-9(21-2)7-5-8/h4-7H,3,19H2,1-2H3. The van der Waals surface area contributed by atoms with Crippen molar-refractivity contribution in [3.05, 3.63) is 38.8 Å². The smallest absolute Gasteiger partial charge is 0.227 e. The van der Waals surface area contributed by atoms with E-state index in [1.165, 1.54) is 0 Å². The van der Waals surface area contributed by atoms with Crippen LogP contribution in [0.2, 0.25) is 0 Å². The van der Waals surface area contributed by atoms with Crippen LogP contribution in [0, 0.1) is 0 Å². The molecule has 0 aliphatic heterocycles. The van der Waals surface area contributed by atoms with Gasteiger partial charge in [-0.3, -0.25) is 0 Å². The van der Waals surface area contributed by atoms with E-state index in [2.05, 4.69) is 43.8 Å². The number of ether oxygens (including phenoxy) is 1. The molecule has 0 saturated heterocycles. The van der Waals surface area contributed by atoms with Crippen molar-refractivity contribution in [3.63, 3.8) is 0 Å². The number of aromatic nitrogens is 1. The highest BCUT2D eigenvalue weighted by atomic mass is 79.9.